The van der Waals surface area contributed by atoms with E-state index >= 15 is 0 Å². The van der Waals surface area contributed by atoms with E-state index in [1.54, 1.807) is 12.1 Å². The second-order valence-electron chi connectivity index (χ2n) is 4.15. The summed E-state index contributed by atoms with van der Waals surface area (Å²) in [4.78, 5) is 11.9. The predicted molar refractivity (Wildman–Crippen MR) is 79.6 cm³/mol. The van der Waals surface area contributed by atoms with Crippen molar-refractivity contribution in [3.05, 3.63) is 46.1 Å². The van der Waals surface area contributed by atoms with Gasteiger partial charge in [-0.25, -0.2) is 4.79 Å². The van der Waals surface area contributed by atoms with Crippen LogP contribution in [0.25, 0.3) is 0 Å². The van der Waals surface area contributed by atoms with Gasteiger partial charge in [0, 0.05) is 11.8 Å². The highest BCUT2D eigenvalue weighted by atomic mass is 79.9. The number of para-hydroxylation sites is 1. The van der Waals surface area contributed by atoms with Crippen molar-refractivity contribution in [3.63, 3.8) is 0 Å². The van der Waals surface area contributed by atoms with E-state index in [1.807, 2.05) is 25.1 Å². The van der Waals surface area contributed by atoms with Crippen LogP contribution >= 0.6 is 15.9 Å². The summed E-state index contributed by atoms with van der Waals surface area (Å²) in [6, 6.07) is 9.06. The molecule has 4 nitrogen and oxygen atoms in total. The molecule has 0 saturated heterocycles. The van der Waals surface area contributed by atoms with Gasteiger partial charge in [0.2, 0.25) is 5.88 Å². The number of anilines is 2. The first-order valence-electron chi connectivity index (χ1n) is 6.02. The molecule has 0 aliphatic heterocycles. The molecule has 2 aromatic rings. The molecule has 19 heavy (non-hydrogen) atoms. The molecule has 0 spiro atoms. The van der Waals surface area contributed by atoms with Gasteiger partial charge in [0.1, 0.15) is 0 Å². The molecule has 5 heteroatoms. The van der Waals surface area contributed by atoms with Gasteiger partial charge in [-0.1, -0.05) is 25.1 Å². The minimum absolute atomic E-state index is 0.314. The number of rotatable bonds is 3. The molecule has 2 rings (SSSR count). The predicted octanol–water partition coefficient (Wildman–Crippen LogP) is 4.56. The number of aryl methyl sites for hydroxylation is 2. The Labute approximate surface area is 120 Å². The molecular formula is C14H15BrN2O2. The molecule has 0 bridgehead atoms. The van der Waals surface area contributed by atoms with Crippen LogP contribution in [-0.4, -0.2) is 6.03 Å². The van der Waals surface area contributed by atoms with E-state index in [0.29, 0.717) is 10.6 Å². The van der Waals surface area contributed by atoms with E-state index in [1.165, 1.54) is 0 Å². The van der Waals surface area contributed by atoms with Crippen molar-refractivity contribution in [2.75, 3.05) is 10.6 Å². The number of benzene rings is 1. The molecule has 2 N–H and O–H groups in total. The van der Waals surface area contributed by atoms with Crippen LogP contribution < -0.4 is 10.6 Å². The molecule has 0 saturated carbocycles. The molecule has 2 amide bonds. The summed E-state index contributed by atoms with van der Waals surface area (Å²) in [5, 5.41) is 5.51. The fraction of sp³-hybridized carbons (Fsp3) is 0.214. The normalized spacial score (nSPS) is 10.3. The van der Waals surface area contributed by atoms with Gasteiger partial charge in [0.15, 0.2) is 4.67 Å². The second-order valence-corrected chi connectivity index (χ2v) is 4.93. The van der Waals surface area contributed by atoms with Gasteiger partial charge < -0.3 is 9.73 Å². The van der Waals surface area contributed by atoms with E-state index in [0.717, 1.165) is 23.2 Å². The topological polar surface area (TPSA) is 54.3 Å². The van der Waals surface area contributed by atoms with Crippen LogP contribution in [-0.2, 0) is 6.42 Å². The lowest BCUT2D eigenvalue weighted by Gasteiger charge is -2.12. The number of nitrogens with one attached hydrogen (secondary N) is 2. The maximum atomic E-state index is 11.9. The van der Waals surface area contributed by atoms with Gasteiger partial charge >= 0.3 is 6.03 Å². The quantitative estimate of drug-likeness (QED) is 0.870. The third kappa shape index (κ3) is 3.38. The van der Waals surface area contributed by atoms with Crippen LogP contribution in [0.4, 0.5) is 16.4 Å². The zero-order valence-electron chi connectivity index (χ0n) is 10.8. The summed E-state index contributed by atoms with van der Waals surface area (Å²) in [5.74, 6) is 0.399. The van der Waals surface area contributed by atoms with Crippen molar-refractivity contribution in [3.8, 4) is 0 Å². The van der Waals surface area contributed by atoms with Crippen LogP contribution in [0.1, 0.15) is 18.1 Å². The third-order valence-electron chi connectivity index (χ3n) is 2.79. The smallest absolute Gasteiger partial charge is 0.326 e. The van der Waals surface area contributed by atoms with Gasteiger partial charge in [-0.3, -0.25) is 5.32 Å². The van der Waals surface area contributed by atoms with Gasteiger partial charge in [0.25, 0.3) is 0 Å². The molecule has 0 atom stereocenters. The highest BCUT2D eigenvalue weighted by Gasteiger charge is 2.10. The first-order valence-corrected chi connectivity index (χ1v) is 6.81. The Morgan fingerprint density at radius 2 is 2.05 bits per heavy atom. The summed E-state index contributed by atoms with van der Waals surface area (Å²) >= 11 is 3.18. The Morgan fingerprint density at radius 3 is 2.68 bits per heavy atom. The standard InChI is InChI=1S/C14H15BrN2O2/c1-3-10-6-4-5-9(2)13(10)17-14(18)16-12-8-7-11(15)19-12/h4-8H,3H2,1-2H3,(H2,16,17,18). The van der Waals surface area contributed by atoms with E-state index in [9.17, 15) is 4.79 Å². The summed E-state index contributed by atoms with van der Waals surface area (Å²) in [6.07, 6.45) is 0.865. The van der Waals surface area contributed by atoms with Crippen LogP contribution in [0.5, 0.6) is 0 Å². The number of halogens is 1. The van der Waals surface area contributed by atoms with E-state index < -0.39 is 0 Å². The average Bonchev–Trinajstić information content (AvgIpc) is 2.77. The summed E-state index contributed by atoms with van der Waals surface area (Å²) in [5.41, 5.74) is 3.00. The molecule has 0 unspecified atom stereocenters. The summed E-state index contributed by atoms with van der Waals surface area (Å²) in [6.45, 7) is 4.03. The SMILES string of the molecule is CCc1cccc(C)c1NC(=O)Nc1ccc(Br)o1. The highest BCUT2D eigenvalue weighted by Crippen LogP contribution is 2.22. The van der Waals surface area contributed by atoms with Gasteiger partial charge in [-0.05, 0) is 46.5 Å². The van der Waals surface area contributed by atoms with Crippen molar-refractivity contribution >= 4 is 33.5 Å². The van der Waals surface area contributed by atoms with Crippen molar-refractivity contribution < 1.29 is 9.21 Å². The van der Waals surface area contributed by atoms with Crippen molar-refractivity contribution in [2.45, 2.75) is 20.3 Å². The number of amides is 2. The Kier molecular flexibility index (Phi) is 4.27. The van der Waals surface area contributed by atoms with E-state index in [2.05, 4.69) is 33.5 Å². The molecule has 0 aliphatic carbocycles. The second kappa shape index (κ2) is 5.93. The summed E-state index contributed by atoms with van der Waals surface area (Å²) in [7, 11) is 0. The number of hydrogen-bond acceptors (Lipinski definition) is 2. The third-order valence-corrected chi connectivity index (χ3v) is 3.21. The van der Waals surface area contributed by atoms with Crippen molar-refractivity contribution in [2.24, 2.45) is 0 Å². The number of carbonyl (C=O) groups excluding carboxylic acids is 1. The Hall–Kier alpha value is -1.75. The molecule has 1 aromatic carbocycles. The fourth-order valence-electron chi connectivity index (χ4n) is 1.84. The van der Waals surface area contributed by atoms with Crippen molar-refractivity contribution in [1.82, 2.24) is 0 Å². The number of hydrogen-bond donors (Lipinski definition) is 2. The molecule has 100 valence electrons. The Morgan fingerprint density at radius 1 is 1.26 bits per heavy atom. The molecular weight excluding hydrogens is 308 g/mol. The molecule has 1 heterocycles. The van der Waals surface area contributed by atoms with Gasteiger partial charge in [-0.15, -0.1) is 0 Å². The molecule has 1 aromatic heterocycles. The largest absolute Gasteiger partial charge is 0.434 e. The lowest BCUT2D eigenvalue weighted by molar-refractivity contribution is 0.261. The maximum Gasteiger partial charge on any atom is 0.326 e. The number of urea groups is 1. The van der Waals surface area contributed by atoms with E-state index in [4.69, 9.17) is 4.42 Å². The number of furan rings is 1. The average molecular weight is 323 g/mol. The molecule has 0 fully saturated rings. The summed E-state index contributed by atoms with van der Waals surface area (Å²) < 4.78 is 5.80. The first kappa shape index (κ1) is 13.7. The van der Waals surface area contributed by atoms with Crippen LogP contribution in [0.2, 0.25) is 0 Å². The zero-order chi connectivity index (χ0) is 13.8. The number of carbonyl (C=O) groups is 1. The Balaban J connectivity index is 2.11. The Bertz CT molecular complexity index is 593. The maximum absolute atomic E-state index is 11.9. The van der Waals surface area contributed by atoms with Gasteiger partial charge in [0.05, 0.1) is 0 Å². The van der Waals surface area contributed by atoms with E-state index in [-0.39, 0.29) is 6.03 Å². The fourth-order valence-corrected chi connectivity index (χ4v) is 2.15. The van der Waals surface area contributed by atoms with Crippen LogP contribution in [0.15, 0.2) is 39.4 Å². The molecule has 0 aliphatic rings. The minimum Gasteiger partial charge on any atom is -0.434 e. The van der Waals surface area contributed by atoms with Crippen molar-refractivity contribution in [1.29, 1.82) is 0 Å². The van der Waals surface area contributed by atoms with Gasteiger partial charge in [-0.2, -0.15) is 0 Å². The lowest BCUT2D eigenvalue weighted by Crippen LogP contribution is -2.20. The monoisotopic (exact) mass is 322 g/mol. The highest BCUT2D eigenvalue weighted by molar-refractivity contribution is 9.10. The minimum atomic E-state index is -0.314. The lowest BCUT2D eigenvalue weighted by atomic mass is 10.1. The first-order chi connectivity index (χ1) is 9.10. The van der Waals surface area contributed by atoms with Crippen LogP contribution in [0.3, 0.4) is 0 Å². The molecule has 0 radical (unpaired) electrons. The van der Waals surface area contributed by atoms with Crippen LogP contribution in [0, 0.1) is 6.92 Å². The zero-order valence-corrected chi connectivity index (χ0v) is 12.4.